The molecule has 0 bridgehead atoms. The van der Waals surface area contributed by atoms with Crippen LogP contribution in [0.4, 0.5) is 4.39 Å². The molecule has 0 aliphatic carbocycles. The number of nitrogens with zero attached hydrogens (tertiary/aromatic N) is 2. The summed E-state index contributed by atoms with van der Waals surface area (Å²) in [6.45, 7) is 2.99. The van der Waals surface area contributed by atoms with Crippen molar-refractivity contribution in [2.45, 2.75) is 19.8 Å². The minimum absolute atomic E-state index is 0.0429. The number of nitriles is 1. The zero-order valence-corrected chi connectivity index (χ0v) is 10.3. The Labute approximate surface area is 106 Å². The molecular weight excluding hydrogens is 231 g/mol. The van der Waals surface area contributed by atoms with Gasteiger partial charge in [0.15, 0.2) is 0 Å². The van der Waals surface area contributed by atoms with Crippen LogP contribution in [0.3, 0.4) is 0 Å². The van der Waals surface area contributed by atoms with Crippen LogP contribution >= 0.6 is 0 Å². The van der Waals surface area contributed by atoms with E-state index >= 15 is 0 Å². The van der Waals surface area contributed by atoms with Crippen LogP contribution < -0.4 is 0 Å². The van der Waals surface area contributed by atoms with E-state index in [1.165, 1.54) is 12.1 Å². The minimum atomic E-state index is -0.238. The van der Waals surface area contributed by atoms with Crippen molar-refractivity contribution in [2.24, 2.45) is 5.92 Å². The fraction of sp³-hybridized carbons (Fsp3) is 0.429. The van der Waals surface area contributed by atoms with Gasteiger partial charge in [-0.3, -0.25) is 4.79 Å². The van der Waals surface area contributed by atoms with E-state index in [1.807, 2.05) is 6.92 Å². The average molecular weight is 246 g/mol. The second-order valence-corrected chi connectivity index (χ2v) is 4.69. The highest BCUT2D eigenvalue weighted by Crippen LogP contribution is 2.18. The molecular formula is C14H15FN2O. The topological polar surface area (TPSA) is 44.1 Å². The number of hydrogen-bond acceptors (Lipinski definition) is 2. The van der Waals surface area contributed by atoms with Gasteiger partial charge in [-0.25, -0.2) is 4.39 Å². The summed E-state index contributed by atoms with van der Waals surface area (Å²) in [5.41, 5.74) is 1.95. The van der Waals surface area contributed by atoms with Gasteiger partial charge in [0.05, 0.1) is 12.0 Å². The third kappa shape index (κ3) is 2.67. The minimum Gasteiger partial charge on any atom is -0.341 e. The number of aryl methyl sites for hydroxylation is 1. The molecule has 0 N–H and O–H groups in total. The molecule has 1 unspecified atom stereocenters. The van der Waals surface area contributed by atoms with E-state index in [-0.39, 0.29) is 17.6 Å². The van der Waals surface area contributed by atoms with Gasteiger partial charge in [0, 0.05) is 19.5 Å². The van der Waals surface area contributed by atoms with Crippen LogP contribution in [0.2, 0.25) is 0 Å². The highest BCUT2D eigenvalue weighted by molar-refractivity contribution is 5.79. The molecule has 1 atom stereocenters. The molecule has 1 saturated heterocycles. The quantitative estimate of drug-likeness (QED) is 0.819. The normalized spacial score (nSPS) is 19.1. The molecule has 0 aromatic heterocycles. The van der Waals surface area contributed by atoms with Crippen LogP contribution in [0.25, 0.3) is 0 Å². The van der Waals surface area contributed by atoms with Crippen LogP contribution in [-0.4, -0.2) is 23.9 Å². The number of carbonyl (C=O) groups is 1. The highest BCUT2D eigenvalue weighted by Gasteiger charge is 2.28. The average Bonchev–Trinajstić information content (AvgIpc) is 2.69. The summed E-state index contributed by atoms with van der Waals surface area (Å²) in [4.78, 5) is 13.3. The Balaban J connectivity index is 1.96. The Morgan fingerprint density at radius 2 is 2.33 bits per heavy atom. The maximum absolute atomic E-state index is 12.9. The standard InChI is InChI=1S/C14H15FN2O/c1-10-6-13(15)3-2-12(10)4-5-17-9-11(8-16)7-14(17)18/h2-3,6,11H,4-5,7,9H2,1H3. The Bertz CT molecular complexity index is 507. The number of rotatable bonds is 3. The van der Waals surface area contributed by atoms with Crippen molar-refractivity contribution in [2.75, 3.05) is 13.1 Å². The van der Waals surface area contributed by atoms with E-state index in [9.17, 15) is 9.18 Å². The summed E-state index contributed by atoms with van der Waals surface area (Å²) >= 11 is 0. The zero-order chi connectivity index (χ0) is 13.1. The number of likely N-dealkylation sites (tertiary alicyclic amines) is 1. The van der Waals surface area contributed by atoms with Gasteiger partial charge < -0.3 is 4.90 Å². The number of benzene rings is 1. The highest BCUT2D eigenvalue weighted by atomic mass is 19.1. The lowest BCUT2D eigenvalue weighted by Gasteiger charge is -2.16. The number of carbonyl (C=O) groups excluding carboxylic acids is 1. The van der Waals surface area contributed by atoms with Gasteiger partial charge in [0.25, 0.3) is 0 Å². The number of amides is 1. The Morgan fingerprint density at radius 3 is 2.94 bits per heavy atom. The molecule has 3 nitrogen and oxygen atoms in total. The largest absolute Gasteiger partial charge is 0.341 e. The van der Waals surface area contributed by atoms with Gasteiger partial charge in [0.1, 0.15) is 5.82 Å². The van der Waals surface area contributed by atoms with Gasteiger partial charge in [-0.1, -0.05) is 6.07 Å². The van der Waals surface area contributed by atoms with Crippen molar-refractivity contribution < 1.29 is 9.18 Å². The summed E-state index contributed by atoms with van der Waals surface area (Å²) in [7, 11) is 0. The molecule has 0 saturated carbocycles. The van der Waals surface area contributed by atoms with Gasteiger partial charge in [-0.15, -0.1) is 0 Å². The smallest absolute Gasteiger partial charge is 0.224 e. The van der Waals surface area contributed by atoms with Crippen molar-refractivity contribution >= 4 is 5.91 Å². The van der Waals surface area contributed by atoms with Crippen molar-refractivity contribution in [1.29, 1.82) is 5.26 Å². The first-order valence-electron chi connectivity index (χ1n) is 6.02. The first kappa shape index (κ1) is 12.6. The number of hydrogen-bond donors (Lipinski definition) is 0. The second-order valence-electron chi connectivity index (χ2n) is 4.69. The molecule has 18 heavy (non-hydrogen) atoms. The molecule has 0 spiro atoms. The van der Waals surface area contributed by atoms with E-state index in [1.54, 1.807) is 11.0 Å². The van der Waals surface area contributed by atoms with Gasteiger partial charge in [0.2, 0.25) is 5.91 Å². The predicted molar refractivity (Wildman–Crippen MR) is 65.1 cm³/mol. The lowest BCUT2D eigenvalue weighted by molar-refractivity contribution is -0.127. The lowest BCUT2D eigenvalue weighted by atomic mass is 10.1. The molecule has 1 aliphatic heterocycles. The maximum Gasteiger partial charge on any atom is 0.224 e. The summed E-state index contributed by atoms with van der Waals surface area (Å²) in [6.07, 6.45) is 1.04. The molecule has 94 valence electrons. The zero-order valence-electron chi connectivity index (χ0n) is 10.3. The van der Waals surface area contributed by atoms with Gasteiger partial charge >= 0.3 is 0 Å². The Morgan fingerprint density at radius 1 is 1.56 bits per heavy atom. The third-order valence-electron chi connectivity index (χ3n) is 3.35. The fourth-order valence-electron chi connectivity index (χ4n) is 2.27. The predicted octanol–water partition coefficient (Wildman–Crippen LogP) is 2.05. The van der Waals surface area contributed by atoms with E-state index in [2.05, 4.69) is 6.07 Å². The molecule has 1 aromatic carbocycles. The Kier molecular flexibility index (Phi) is 3.61. The molecule has 2 rings (SSSR count). The second kappa shape index (κ2) is 5.18. The lowest BCUT2D eigenvalue weighted by Crippen LogP contribution is -2.27. The first-order chi connectivity index (χ1) is 8.60. The number of halogens is 1. The third-order valence-corrected chi connectivity index (χ3v) is 3.35. The van der Waals surface area contributed by atoms with Crippen LogP contribution in [0.1, 0.15) is 17.5 Å². The molecule has 1 heterocycles. The summed E-state index contributed by atoms with van der Waals surface area (Å²) in [5, 5.41) is 8.79. The summed E-state index contributed by atoms with van der Waals surface area (Å²) in [5.74, 6) is -0.369. The van der Waals surface area contributed by atoms with Crippen LogP contribution in [-0.2, 0) is 11.2 Å². The van der Waals surface area contributed by atoms with Crippen LogP contribution in [0, 0.1) is 30.0 Å². The molecule has 0 radical (unpaired) electrons. The maximum atomic E-state index is 12.9. The van der Waals surface area contributed by atoms with Crippen molar-refractivity contribution in [3.63, 3.8) is 0 Å². The summed E-state index contributed by atoms with van der Waals surface area (Å²) < 4.78 is 12.9. The molecule has 4 heteroatoms. The van der Waals surface area contributed by atoms with E-state index in [0.717, 1.165) is 11.1 Å². The Hall–Kier alpha value is -1.89. The van der Waals surface area contributed by atoms with Crippen molar-refractivity contribution in [1.82, 2.24) is 4.90 Å². The van der Waals surface area contributed by atoms with Gasteiger partial charge in [-0.05, 0) is 36.6 Å². The van der Waals surface area contributed by atoms with Crippen LogP contribution in [0.5, 0.6) is 0 Å². The summed E-state index contributed by atoms with van der Waals surface area (Å²) in [6, 6.07) is 6.82. The van der Waals surface area contributed by atoms with E-state index in [0.29, 0.717) is 25.9 Å². The van der Waals surface area contributed by atoms with Gasteiger partial charge in [-0.2, -0.15) is 5.26 Å². The molecule has 1 aromatic rings. The van der Waals surface area contributed by atoms with E-state index in [4.69, 9.17) is 5.26 Å². The first-order valence-corrected chi connectivity index (χ1v) is 6.02. The van der Waals surface area contributed by atoms with Crippen LogP contribution in [0.15, 0.2) is 18.2 Å². The van der Waals surface area contributed by atoms with E-state index < -0.39 is 0 Å². The SMILES string of the molecule is Cc1cc(F)ccc1CCN1CC(C#N)CC1=O. The van der Waals surface area contributed by atoms with Crippen molar-refractivity contribution in [3.05, 3.63) is 35.1 Å². The molecule has 1 aliphatic rings. The molecule has 1 fully saturated rings. The molecule has 1 amide bonds. The van der Waals surface area contributed by atoms with Crippen molar-refractivity contribution in [3.8, 4) is 6.07 Å². The monoisotopic (exact) mass is 246 g/mol. The fourth-order valence-corrected chi connectivity index (χ4v) is 2.27.